The molecule has 0 saturated heterocycles. The Hall–Kier alpha value is -0.520. The summed E-state index contributed by atoms with van der Waals surface area (Å²) in [5, 5.41) is 0. The van der Waals surface area contributed by atoms with Crippen LogP contribution in [0.4, 0.5) is 0 Å². The number of hydrogen-bond acceptors (Lipinski definition) is 0. The third-order valence-electron chi connectivity index (χ3n) is 4.48. The highest BCUT2D eigenvalue weighted by atomic mass is 14.3. The maximum atomic E-state index is 2.50. The summed E-state index contributed by atoms with van der Waals surface area (Å²) in [6.07, 6.45) is 16.2. The second-order valence-corrected chi connectivity index (χ2v) is 5.18. The Balaban J connectivity index is 2.88. The lowest BCUT2D eigenvalue weighted by Gasteiger charge is -2.30. The largest absolute Gasteiger partial charge is 0.0874 e. The molecular weight excluding hydrogens is 192 g/mol. The molecule has 1 aliphatic rings. The van der Waals surface area contributed by atoms with E-state index in [9.17, 15) is 0 Å². The van der Waals surface area contributed by atoms with Crippen molar-refractivity contribution < 1.29 is 0 Å². The molecule has 0 radical (unpaired) electrons. The maximum absolute atomic E-state index is 2.50. The summed E-state index contributed by atoms with van der Waals surface area (Å²) in [6, 6.07) is 0. The predicted octanol–water partition coefficient (Wildman–Crippen LogP) is 5.36. The number of rotatable bonds is 4. The van der Waals surface area contributed by atoms with Gasteiger partial charge in [-0.3, -0.25) is 0 Å². The summed E-state index contributed by atoms with van der Waals surface area (Å²) in [5.74, 6) is 1.64. The zero-order valence-electron chi connectivity index (χ0n) is 11.5. The summed E-state index contributed by atoms with van der Waals surface area (Å²) < 4.78 is 0. The van der Waals surface area contributed by atoms with Gasteiger partial charge in [-0.25, -0.2) is 0 Å². The van der Waals surface area contributed by atoms with E-state index < -0.39 is 0 Å². The molecule has 16 heavy (non-hydrogen) atoms. The first-order valence-electron chi connectivity index (χ1n) is 7.08. The van der Waals surface area contributed by atoms with Gasteiger partial charge in [0.25, 0.3) is 0 Å². The van der Waals surface area contributed by atoms with E-state index in [1.165, 1.54) is 32.1 Å². The summed E-state index contributed by atoms with van der Waals surface area (Å²) >= 11 is 0. The van der Waals surface area contributed by atoms with Gasteiger partial charge < -0.3 is 0 Å². The van der Waals surface area contributed by atoms with Crippen LogP contribution in [0.2, 0.25) is 0 Å². The van der Waals surface area contributed by atoms with Gasteiger partial charge in [0.2, 0.25) is 0 Å². The highest BCUT2D eigenvalue weighted by Gasteiger charge is 2.23. The van der Waals surface area contributed by atoms with Crippen molar-refractivity contribution in [1.82, 2.24) is 0 Å². The predicted molar refractivity (Wildman–Crippen MR) is 73.5 cm³/mol. The first-order chi connectivity index (χ1) is 7.71. The van der Waals surface area contributed by atoms with Crippen molar-refractivity contribution in [2.45, 2.75) is 59.8 Å². The highest BCUT2D eigenvalue weighted by molar-refractivity contribution is 5.14. The molecule has 92 valence electrons. The van der Waals surface area contributed by atoms with Gasteiger partial charge >= 0.3 is 0 Å². The minimum atomic E-state index is 0.339. The van der Waals surface area contributed by atoms with Crippen LogP contribution in [0.3, 0.4) is 0 Å². The van der Waals surface area contributed by atoms with Gasteiger partial charge in [0, 0.05) is 5.41 Å². The highest BCUT2D eigenvalue weighted by Crippen LogP contribution is 2.35. The monoisotopic (exact) mass is 220 g/mol. The van der Waals surface area contributed by atoms with Crippen LogP contribution in [0.5, 0.6) is 0 Å². The Morgan fingerprint density at radius 1 is 1.00 bits per heavy atom. The molecule has 2 atom stereocenters. The lowest BCUT2D eigenvalue weighted by atomic mass is 9.75. The van der Waals surface area contributed by atoms with Crippen LogP contribution < -0.4 is 0 Å². The fourth-order valence-corrected chi connectivity index (χ4v) is 2.84. The molecule has 0 aromatic carbocycles. The first kappa shape index (κ1) is 13.5. The van der Waals surface area contributed by atoms with Crippen LogP contribution >= 0.6 is 0 Å². The summed E-state index contributed by atoms with van der Waals surface area (Å²) in [4.78, 5) is 0. The molecule has 0 aromatic heterocycles. The van der Waals surface area contributed by atoms with Crippen LogP contribution in [0.25, 0.3) is 0 Å². The van der Waals surface area contributed by atoms with Crippen molar-refractivity contribution in [1.29, 1.82) is 0 Å². The lowest BCUT2D eigenvalue weighted by molar-refractivity contribution is 0.359. The zero-order chi connectivity index (χ0) is 12.0. The van der Waals surface area contributed by atoms with Gasteiger partial charge in [0.1, 0.15) is 0 Å². The van der Waals surface area contributed by atoms with Crippen molar-refractivity contribution in [3.63, 3.8) is 0 Å². The van der Waals surface area contributed by atoms with Gasteiger partial charge in [0.15, 0.2) is 0 Å². The van der Waals surface area contributed by atoms with E-state index >= 15 is 0 Å². The lowest BCUT2D eigenvalue weighted by Crippen LogP contribution is -2.18. The molecule has 0 aliphatic heterocycles. The van der Waals surface area contributed by atoms with Gasteiger partial charge in [-0.15, -0.1) is 0 Å². The van der Waals surface area contributed by atoms with E-state index in [0.29, 0.717) is 5.41 Å². The van der Waals surface area contributed by atoms with Crippen molar-refractivity contribution in [2.75, 3.05) is 0 Å². The Bertz CT molecular complexity index is 243. The molecule has 0 spiro atoms. The van der Waals surface area contributed by atoms with Gasteiger partial charge in [-0.2, -0.15) is 0 Å². The summed E-state index contributed by atoms with van der Waals surface area (Å²) in [7, 11) is 0. The van der Waals surface area contributed by atoms with Gasteiger partial charge in [-0.05, 0) is 37.5 Å². The molecule has 1 aliphatic carbocycles. The SMILES string of the molecule is CC[C@H]1CC=CC(CC)(CC)C=C[C@@H]1CC. The van der Waals surface area contributed by atoms with E-state index in [0.717, 1.165) is 11.8 Å². The molecule has 1 rings (SSSR count). The Morgan fingerprint density at radius 3 is 2.19 bits per heavy atom. The minimum Gasteiger partial charge on any atom is -0.0874 e. The van der Waals surface area contributed by atoms with E-state index in [1.54, 1.807) is 0 Å². The Morgan fingerprint density at radius 2 is 1.69 bits per heavy atom. The number of allylic oxidation sites excluding steroid dienone is 4. The molecule has 0 unspecified atom stereocenters. The zero-order valence-corrected chi connectivity index (χ0v) is 11.5. The average molecular weight is 220 g/mol. The first-order valence-corrected chi connectivity index (χ1v) is 7.08. The van der Waals surface area contributed by atoms with Crippen LogP contribution in [-0.2, 0) is 0 Å². The second-order valence-electron chi connectivity index (χ2n) is 5.18. The Kier molecular flexibility index (Phi) is 5.31. The Labute approximate surface area is 102 Å². The molecule has 0 nitrogen and oxygen atoms in total. The van der Waals surface area contributed by atoms with E-state index in [-0.39, 0.29) is 0 Å². The maximum Gasteiger partial charge on any atom is 0.00558 e. The average Bonchev–Trinajstić information content (AvgIpc) is 2.31. The molecular formula is C16H28. The van der Waals surface area contributed by atoms with Crippen LogP contribution in [-0.4, -0.2) is 0 Å². The molecule has 0 aromatic rings. The molecule has 0 heterocycles. The second kappa shape index (κ2) is 6.27. The third-order valence-corrected chi connectivity index (χ3v) is 4.48. The fraction of sp³-hybridized carbons (Fsp3) is 0.750. The van der Waals surface area contributed by atoms with Gasteiger partial charge in [-0.1, -0.05) is 58.4 Å². The van der Waals surface area contributed by atoms with Crippen molar-refractivity contribution >= 4 is 0 Å². The summed E-state index contributed by atoms with van der Waals surface area (Å²) in [5.41, 5.74) is 0.339. The van der Waals surface area contributed by atoms with Crippen molar-refractivity contribution in [3.8, 4) is 0 Å². The molecule has 0 amide bonds. The van der Waals surface area contributed by atoms with Crippen LogP contribution in [0, 0.1) is 17.3 Å². The molecule has 0 N–H and O–H groups in total. The van der Waals surface area contributed by atoms with E-state index in [2.05, 4.69) is 52.0 Å². The quantitative estimate of drug-likeness (QED) is 0.559. The molecule has 0 bridgehead atoms. The van der Waals surface area contributed by atoms with Crippen LogP contribution in [0.15, 0.2) is 24.3 Å². The van der Waals surface area contributed by atoms with E-state index in [4.69, 9.17) is 0 Å². The van der Waals surface area contributed by atoms with Crippen molar-refractivity contribution in [2.24, 2.45) is 17.3 Å². The topological polar surface area (TPSA) is 0 Å². The minimum absolute atomic E-state index is 0.339. The summed E-state index contributed by atoms with van der Waals surface area (Å²) in [6.45, 7) is 9.25. The molecule has 0 saturated carbocycles. The molecule has 0 fully saturated rings. The van der Waals surface area contributed by atoms with E-state index in [1.807, 2.05) is 0 Å². The van der Waals surface area contributed by atoms with Crippen LogP contribution in [0.1, 0.15) is 59.8 Å². The molecule has 0 heteroatoms. The fourth-order valence-electron chi connectivity index (χ4n) is 2.84. The normalized spacial score (nSPS) is 28.8. The smallest absolute Gasteiger partial charge is 0.00558 e. The third kappa shape index (κ3) is 2.99. The van der Waals surface area contributed by atoms with Gasteiger partial charge in [0.05, 0.1) is 0 Å². The standard InChI is InChI=1S/C16H28/c1-5-14-10-9-12-16(7-3,8-4)13-11-15(14)6-2/h9,11-15H,5-8,10H2,1-4H3/t14-,15-/m0/s1. The van der Waals surface area contributed by atoms with Crippen molar-refractivity contribution in [3.05, 3.63) is 24.3 Å². The number of hydrogen-bond donors (Lipinski definition) is 0.